The minimum absolute atomic E-state index is 1.06. The summed E-state index contributed by atoms with van der Waals surface area (Å²) in [5.41, 5.74) is 0. The Hall–Kier alpha value is -0.700. The second-order valence-corrected chi connectivity index (χ2v) is 2.99. The second-order valence-electron chi connectivity index (χ2n) is 2.99. The summed E-state index contributed by atoms with van der Waals surface area (Å²) >= 11 is 0. The maximum absolute atomic E-state index is 3.13. The molecule has 0 N–H and O–H groups in total. The zero-order chi connectivity index (χ0) is 9.07. The molecule has 0 unspecified atom stereocenters. The number of unbranched alkanes of at least 4 members (excludes halogenated alkanes) is 5. The smallest absolute Gasteiger partial charge is 0.00922 e. The van der Waals surface area contributed by atoms with Crippen LogP contribution in [0.1, 0.15) is 52.4 Å². The predicted molar refractivity (Wildman–Crippen MR) is 56.0 cm³/mol. The molecule has 0 spiro atoms. The number of hydrogen-bond acceptors (Lipinski definition) is 0. The van der Waals surface area contributed by atoms with Gasteiger partial charge in [-0.05, 0) is 19.4 Å². The van der Waals surface area contributed by atoms with Crippen molar-refractivity contribution < 1.29 is 0 Å². The second kappa shape index (κ2) is 10.3. The maximum Gasteiger partial charge on any atom is 0.00922 e. The minimum atomic E-state index is 1.06. The fourth-order valence-corrected chi connectivity index (χ4v) is 1.03. The van der Waals surface area contributed by atoms with Crippen LogP contribution in [0.4, 0.5) is 0 Å². The first kappa shape index (κ1) is 11.3. The van der Waals surface area contributed by atoms with Gasteiger partial charge in [0.05, 0.1) is 0 Å². The van der Waals surface area contributed by atoms with Crippen molar-refractivity contribution in [3.05, 3.63) is 12.2 Å². The van der Waals surface area contributed by atoms with Crippen LogP contribution in [-0.2, 0) is 0 Å². The summed E-state index contributed by atoms with van der Waals surface area (Å²) in [6.45, 7) is 4.24. The van der Waals surface area contributed by atoms with Gasteiger partial charge >= 0.3 is 0 Å². The summed E-state index contributed by atoms with van der Waals surface area (Å²) < 4.78 is 0. The van der Waals surface area contributed by atoms with Crippen LogP contribution in [0.25, 0.3) is 0 Å². The summed E-state index contributed by atoms with van der Waals surface area (Å²) in [6, 6.07) is 0. The first-order valence-electron chi connectivity index (χ1n) is 5.01. The van der Waals surface area contributed by atoms with Crippen molar-refractivity contribution >= 4 is 0 Å². The average Bonchev–Trinajstić information content (AvgIpc) is 2.10. The van der Waals surface area contributed by atoms with Crippen LogP contribution in [0.5, 0.6) is 0 Å². The molecule has 68 valence electrons. The standard InChI is InChI=1S/C12H20/c1-3-5-7-9-11-12-10-8-6-4-2/h3,5H,4,6,8,10-12H2,1-2H3/b5-3+. The molecule has 0 nitrogen and oxygen atoms in total. The van der Waals surface area contributed by atoms with Gasteiger partial charge in [-0.25, -0.2) is 0 Å². The highest BCUT2D eigenvalue weighted by atomic mass is 13.9. The zero-order valence-corrected chi connectivity index (χ0v) is 8.40. The van der Waals surface area contributed by atoms with Crippen molar-refractivity contribution in [2.75, 3.05) is 0 Å². The van der Waals surface area contributed by atoms with E-state index in [-0.39, 0.29) is 0 Å². The van der Waals surface area contributed by atoms with E-state index in [9.17, 15) is 0 Å². The normalized spacial score (nSPS) is 9.83. The van der Waals surface area contributed by atoms with Crippen molar-refractivity contribution in [2.24, 2.45) is 0 Å². The van der Waals surface area contributed by atoms with E-state index in [1.54, 1.807) is 0 Å². The number of rotatable bonds is 5. The molecule has 0 heteroatoms. The summed E-state index contributed by atoms with van der Waals surface area (Å²) in [5.74, 6) is 6.12. The van der Waals surface area contributed by atoms with Crippen LogP contribution < -0.4 is 0 Å². The van der Waals surface area contributed by atoms with E-state index in [0.717, 1.165) is 6.42 Å². The minimum Gasteiger partial charge on any atom is -0.0985 e. The molecule has 0 atom stereocenters. The van der Waals surface area contributed by atoms with Gasteiger partial charge < -0.3 is 0 Å². The Morgan fingerprint density at radius 3 is 2.50 bits per heavy atom. The van der Waals surface area contributed by atoms with Crippen LogP contribution in [0, 0.1) is 11.8 Å². The molecular formula is C12H20. The molecule has 0 aliphatic carbocycles. The molecule has 0 amide bonds. The molecular weight excluding hydrogens is 144 g/mol. The zero-order valence-electron chi connectivity index (χ0n) is 8.40. The molecule has 0 saturated carbocycles. The third kappa shape index (κ3) is 9.30. The molecule has 0 saturated heterocycles. The average molecular weight is 164 g/mol. The Kier molecular flexibility index (Phi) is 9.70. The highest BCUT2D eigenvalue weighted by Crippen LogP contribution is 2.03. The van der Waals surface area contributed by atoms with E-state index in [0.29, 0.717) is 0 Å². The Bertz CT molecular complexity index is 155. The molecule has 12 heavy (non-hydrogen) atoms. The fourth-order valence-electron chi connectivity index (χ4n) is 1.03. The quantitative estimate of drug-likeness (QED) is 0.426. The van der Waals surface area contributed by atoms with Crippen LogP contribution in [0.3, 0.4) is 0 Å². The van der Waals surface area contributed by atoms with E-state index in [1.165, 1.54) is 32.1 Å². The summed E-state index contributed by atoms with van der Waals surface area (Å²) in [7, 11) is 0. The van der Waals surface area contributed by atoms with Gasteiger partial charge in [-0.2, -0.15) is 0 Å². The van der Waals surface area contributed by atoms with Gasteiger partial charge in [0.15, 0.2) is 0 Å². The van der Waals surface area contributed by atoms with Crippen LogP contribution >= 0.6 is 0 Å². The third-order valence-corrected chi connectivity index (χ3v) is 1.76. The first-order chi connectivity index (χ1) is 5.91. The molecule has 0 aromatic carbocycles. The largest absolute Gasteiger partial charge is 0.0985 e. The molecule has 0 aliphatic rings. The monoisotopic (exact) mass is 164 g/mol. The molecule has 0 aromatic heterocycles. The molecule has 0 rings (SSSR count). The first-order valence-corrected chi connectivity index (χ1v) is 5.01. The van der Waals surface area contributed by atoms with E-state index < -0.39 is 0 Å². The van der Waals surface area contributed by atoms with Gasteiger partial charge in [-0.3, -0.25) is 0 Å². The van der Waals surface area contributed by atoms with Gasteiger partial charge in [-0.1, -0.05) is 50.5 Å². The number of allylic oxidation sites excluding steroid dienone is 2. The van der Waals surface area contributed by atoms with Gasteiger partial charge in [-0.15, -0.1) is 0 Å². The Morgan fingerprint density at radius 2 is 1.83 bits per heavy atom. The van der Waals surface area contributed by atoms with Crippen molar-refractivity contribution in [3.63, 3.8) is 0 Å². The Balaban J connectivity index is 3.06. The summed E-state index contributed by atoms with van der Waals surface area (Å²) in [5, 5.41) is 0. The van der Waals surface area contributed by atoms with E-state index >= 15 is 0 Å². The molecule has 0 fully saturated rings. The molecule has 0 heterocycles. The molecule has 0 aromatic rings. The summed E-state index contributed by atoms with van der Waals surface area (Å²) in [4.78, 5) is 0. The van der Waals surface area contributed by atoms with Crippen molar-refractivity contribution in [3.8, 4) is 11.8 Å². The third-order valence-electron chi connectivity index (χ3n) is 1.76. The SMILES string of the molecule is C/C=C/C#CCCCCCCC. The van der Waals surface area contributed by atoms with Crippen LogP contribution in [0.2, 0.25) is 0 Å². The molecule has 0 aliphatic heterocycles. The molecule has 0 bridgehead atoms. The van der Waals surface area contributed by atoms with Crippen LogP contribution in [0.15, 0.2) is 12.2 Å². The van der Waals surface area contributed by atoms with Gasteiger partial charge in [0.25, 0.3) is 0 Å². The lowest BCUT2D eigenvalue weighted by Crippen LogP contribution is -1.75. The fraction of sp³-hybridized carbons (Fsp3) is 0.667. The Labute approximate surface area is 77.1 Å². The lowest BCUT2D eigenvalue weighted by Gasteiger charge is -1.93. The Morgan fingerprint density at radius 1 is 1.08 bits per heavy atom. The summed E-state index contributed by atoms with van der Waals surface area (Å²) in [6.07, 6.45) is 11.6. The van der Waals surface area contributed by atoms with Crippen LogP contribution in [-0.4, -0.2) is 0 Å². The van der Waals surface area contributed by atoms with Crippen molar-refractivity contribution in [2.45, 2.75) is 52.4 Å². The maximum atomic E-state index is 3.13. The highest BCUT2D eigenvalue weighted by Gasteiger charge is 1.85. The van der Waals surface area contributed by atoms with E-state index in [2.05, 4.69) is 18.8 Å². The lowest BCUT2D eigenvalue weighted by molar-refractivity contribution is 0.641. The van der Waals surface area contributed by atoms with E-state index in [4.69, 9.17) is 0 Å². The van der Waals surface area contributed by atoms with Gasteiger partial charge in [0.2, 0.25) is 0 Å². The van der Waals surface area contributed by atoms with Crippen molar-refractivity contribution in [1.29, 1.82) is 0 Å². The van der Waals surface area contributed by atoms with Gasteiger partial charge in [0, 0.05) is 6.42 Å². The van der Waals surface area contributed by atoms with Gasteiger partial charge in [0.1, 0.15) is 0 Å². The predicted octanol–water partition coefficient (Wildman–Crippen LogP) is 3.93. The van der Waals surface area contributed by atoms with Crippen molar-refractivity contribution in [1.82, 2.24) is 0 Å². The highest BCUT2D eigenvalue weighted by molar-refractivity contribution is 5.14. The van der Waals surface area contributed by atoms with E-state index in [1.807, 2.05) is 19.1 Å². The molecule has 0 radical (unpaired) electrons. The topological polar surface area (TPSA) is 0 Å². The number of hydrogen-bond donors (Lipinski definition) is 0. The lowest BCUT2D eigenvalue weighted by atomic mass is 10.1.